The Balaban J connectivity index is 1.60. The third-order valence-corrected chi connectivity index (χ3v) is 7.73. The van der Waals surface area contributed by atoms with Crippen molar-refractivity contribution in [3.8, 4) is 22.8 Å². The van der Waals surface area contributed by atoms with Crippen LogP contribution >= 0.6 is 0 Å². The number of rotatable bonds is 11. The summed E-state index contributed by atoms with van der Waals surface area (Å²) in [4.78, 5) is 24.9. The van der Waals surface area contributed by atoms with Gasteiger partial charge in [-0.3, -0.25) is 14.3 Å². The van der Waals surface area contributed by atoms with Crippen molar-refractivity contribution in [1.29, 1.82) is 0 Å². The molecule has 2 fully saturated rings. The van der Waals surface area contributed by atoms with Gasteiger partial charge in [-0.2, -0.15) is 5.10 Å². The number of carboxylic acid groups (broad SMARTS) is 1. The average Bonchev–Trinajstić information content (AvgIpc) is 3.57. The highest BCUT2D eigenvalue weighted by Gasteiger charge is 2.28. The zero-order valence-electron chi connectivity index (χ0n) is 21.5. The lowest BCUT2D eigenvalue weighted by Crippen LogP contribution is -2.37. The number of nitrogens with zero attached hydrogens (tertiary/aromatic N) is 2. The number of carboxylic acids is 1. The summed E-state index contributed by atoms with van der Waals surface area (Å²) in [5, 5.41) is 17.2. The normalized spacial score (nSPS) is 17.6. The molecule has 4 rings (SSSR count). The summed E-state index contributed by atoms with van der Waals surface area (Å²) in [5.41, 5.74) is 1.83. The summed E-state index contributed by atoms with van der Waals surface area (Å²) in [5.74, 6) is 0.683. The number of hydrogen-bond donors (Lipinski definition) is 2. The fourth-order valence-corrected chi connectivity index (χ4v) is 5.83. The number of nitrogens with one attached hydrogen (secondary N) is 1. The van der Waals surface area contributed by atoms with Gasteiger partial charge in [-0.1, -0.05) is 51.0 Å². The van der Waals surface area contributed by atoms with E-state index in [1.165, 1.54) is 32.1 Å². The van der Waals surface area contributed by atoms with Crippen molar-refractivity contribution in [1.82, 2.24) is 15.1 Å². The molecule has 1 aromatic carbocycles. The summed E-state index contributed by atoms with van der Waals surface area (Å²) in [6.07, 6.45) is 11.9. The molecule has 2 N–H and O–H groups in total. The van der Waals surface area contributed by atoms with Crippen LogP contribution in [0.2, 0.25) is 0 Å². The van der Waals surface area contributed by atoms with Gasteiger partial charge in [0.1, 0.15) is 11.5 Å². The van der Waals surface area contributed by atoms with E-state index in [-0.39, 0.29) is 24.1 Å². The largest absolute Gasteiger partial charge is 0.496 e. The van der Waals surface area contributed by atoms with E-state index in [4.69, 9.17) is 14.6 Å². The van der Waals surface area contributed by atoms with Gasteiger partial charge in [-0.15, -0.1) is 0 Å². The lowest BCUT2D eigenvalue weighted by Gasteiger charge is -2.24. The molecule has 1 unspecified atom stereocenters. The second-order valence-corrected chi connectivity index (χ2v) is 10.2. The molecule has 8 nitrogen and oxygen atoms in total. The number of methoxy groups -OCH3 is 2. The molecule has 2 aliphatic carbocycles. The molecule has 0 bridgehead atoms. The van der Waals surface area contributed by atoms with Gasteiger partial charge in [0, 0.05) is 6.04 Å². The van der Waals surface area contributed by atoms with Gasteiger partial charge < -0.3 is 19.9 Å². The van der Waals surface area contributed by atoms with E-state index in [0.717, 1.165) is 43.4 Å². The summed E-state index contributed by atoms with van der Waals surface area (Å²) in [6.45, 7) is 0. The standard InChI is InChI=1S/C28H39N3O5/c1-35-24-13-8-14-25(36-2)27(24)23-18-22(30-31(23)21-11-6-7-12-21)28(34)29-20(17-26(32)33)16-15-19-9-4-3-5-10-19/h8,13-14,18-21H,3-7,9-12,15-17H2,1-2H3,(H,29,34)(H,32,33). The highest BCUT2D eigenvalue weighted by Crippen LogP contribution is 2.41. The monoisotopic (exact) mass is 497 g/mol. The van der Waals surface area contributed by atoms with E-state index < -0.39 is 12.0 Å². The highest BCUT2D eigenvalue weighted by atomic mass is 16.5. The minimum Gasteiger partial charge on any atom is -0.496 e. The Morgan fingerprint density at radius 3 is 2.31 bits per heavy atom. The van der Waals surface area contributed by atoms with Crippen LogP contribution in [0.15, 0.2) is 24.3 Å². The first-order valence-electron chi connectivity index (χ1n) is 13.3. The molecule has 8 heteroatoms. The number of carbonyl (C=O) groups excluding carboxylic acids is 1. The second kappa shape index (κ2) is 12.3. The van der Waals surface area contributed by atoms with Crippen molar-refractivity contribution in [2.45, 2.75) is 89.1 Å². The number of ether oxygens (including phenoxy) is 2. The fraction of sp³-hybridized carbons (Fsp3) is 0.607. The maximum absolute atomic E-state index is 13.4. The van der Waals surface area contributed by atoms with Crippen LogP contribution in [0.5, 0.6) is 11.5 Å². The van der Waals surface area contributed by atoms with E-state index in [1.807, 2.05) is 22.9 Å². The van der Waals surface area contributed by atoms with Crippen LogP contribution in [0.1, 0.15) is 93.6 Å². The molecule has 1 heterocycles. The smallest absolute Gasteiger partial charge is 0.305 e. The molecule has 0 aliphatic heterocycles. The predicted molar refractivity (Wildman–Crippen MR) is 138 cm³/mol. The lowest BCUT2D eigenvalue weighted by molar-refractivity contribution is -0.137. The van der Waals surface area contributed by atoms with Crippen molar-refractivity contribution in [2.75, 3.05) is 14.2 Å². The molecule has 1 amide bonds. The average molecular weight is 498 g/mol. The summed E-state index contributed by atoms with van der Waals surface area (Å²) >= 11 is 0. The summed E-state index contributed by atoms with van der Waals surface area (Å²) in [6, 6.07) is 7.17. The molecular formula is C28H39N3O5. The third-order valence-electron chi connectivity index (χ3n) is 7.73. The minimum atomic E-state index is -0.903. The molecule has 0 saturated heterocycles. The number of amides is 1. The van der Waals surface area contributed by atoms with Gasteiger partial charge in [0.2, 0.25) is 0 Å². The van der Waals surface area contributed by atoms with Gasteiger partial charge >= 0.3 is 5.97 Å². The molecule has 1 aromatic heterocycles. The zero-order chi connectivity index (χ0) is 25.5. The molecule has 2 aliphatic rings. The van der Waals surface area contributed by atoms with Crippen molar-refractivity contribution in [3.05, 3.63) is 30.0 Å². The van der Waals surface area contributed by atoms with Gasteiger partial charge in [-0.05, 0) is 49.8 Å². The van der Waals surface area contributed by atoms with Crippen LogP contribution in [-0.2, 0) is 4.79 Å². The molecule has 2 aromatic rings. The topological polar surface area (TPSA) is 103 Å². The van der Waals surface area contributed by atoms with Crippen LogP contribution in [0.3, 0.4) is 0 Å². The molecule has 2 saturated carbocycles. The maximum atomic E-state index is 13.4. The Labute approximate surface area is 213 Å². The van der Waals surface area contributed by atoms with Crippen molar-refractivity contribution in [3.63, 3.8) is 0 Å². The van der Waals surface area contributed by atoms with Gasteiger partial charge in [0.15, 0.2) is 5.69 Å². The Bertz CT molecular complexity index is 1020. The Morgan fingerprint density at radius 2 is 1.69 bits per heavy atom. The molecule has 36 heavy (non-hydrogen) atoms. The quantitative estimate of drug-likeness (QED) is 0.418. The molecular weight excluding hydrogens is 458 g/mol. The zero-order valence-corrected chi connectivity index (χ0v) is 21.5. The maximum Gasteiger partial charge on any atom is 0.305 e. The van der Waals surface area contributed by atoms with Crippen LogP contribution < -0.4 is 14.8 Å². The van der Waals surface area contributed by atoms with Crippen LogP contribution in [0.4, 0.5) is 0 Å². The van der Waals surface area contributed by atoms with Crippen LogP contribution in [0.25, 0.3) is 11.3 Å². The first kappa shape index (κ1) is 26.0. The van der Waals surface area contributed by atoms with Crippen LogP contribution in [0, 0.1) is 5.92 Å². The Morgan fingerprint density at radius 1 is 1.06 bits per heavy atom. The summed E-state index contributed by atoms with van der Waals surface area (Å²) < 4.78 is 13.2. The Kier molecular flexibility index (Phi) is 8.88. The van der Waals surface area contributed by atoms with Crippen molar-refractivity contribution in [2.24, 2.45) is 5.92 Å². The first-order valence-corrected chi connectivity index (χ1v) is 13.3. The summed E-state index contributed by atoms with van der Waals surface area (Å²) in [7, 11) is 3.23. The molecule has 0 radical (unpaired) electrons. The molecule has 1 atom stereocenters. The van der Waals surface area contributed by atoms with Crippen molar-refractivity contribution < 1.29 is 24.2 Å². The second-order valence-electron chi connectivity index (χ2n) is 10.2. The molecule has 196 valence electrons. The van der Waals surface area contributed by atoms with E-state index in [9.17, 15) is 14.7 Å². The number of hydrogen-bond acceptors (Lipinski definition) is 5. The number of carbonyl (C=O) groups is 2. The van der Waals surface area contributed by atoms with Gasteiger partial charge in [0.25, 0.3) is 5.91 Å². The highest BCUT2D eigenvalue weighted by molar-refractivity contribution is 5.94. The predicted octanol–water partition coefficient (Wildman–Crippen LogP) is 5.62. The van der Waals surface area contributed by atoms with E-state index in [2.05, 4.69) is 5.32 Å². The SMILES string of the molecule is COc1cccc(OC)c1-c1cc(C(=O)NC(CCC2CCCCC2)CC(=O)O)nn1C1CCCC1. The van der Waals surface area contributed by atoms with E-state index in [0.29, 0.717) is 23.8 Å². The third kappa shape index (κ3) is 6.20. The first-order chi connectivity index (χ1) is 17.5. The number of benzene rings is 1. The lowest BCUT2D eigenvalue weighted by atomic mass is 9.85. The number of aliphatic carboxylic acids is 1. The number of aromatic nitrogens is 2. The van der Waals surface area contributed by atoms with E-state index >= 15 is 0 Å². The van der Waals surface area contributed by atoms with E-state index in [1.54, 1.807) is 20.3 Å². The molecule has 0 spiro atoms. The fourth-order valence-electron chi connectivity index (χ4n) is 5.83. The van der Waals surface area contributed by atoms with Gasteiger partial charge in [0.05, 0.1) is 37.9 Å². The van der Waals surface area contributed by atoms with Gasteiger partial charge in [-0.25, -0.2) is 0 Å². The Hall–Kier alpha value is -3.03. The van der Waals surface area contributed by atoms with Crippen molar-refractivity contribution >= 4 is 11.9 Å². The van der Waals surface area contributed by atoms with Crippen LogP contribution in [-0.4, -0.2) is 47.0 Å². The minimum absolute atomic E-state index is 0.0883.